The second kappa shape index (κ2) is 39.7. The van der Waals surface area contributed by atoms with E-state index >= 15 is 0 Å². The number of imidazole rings is 4. The van der Waals surface area contributed by atoms with Crippen LogP contribution < -0.4 is 33.2 Å². The van der Waals surface area contributed by atoms with Crippen LogP contribution in [0.5, 0.6) is 6.01 Å². The van der Waals surface area contributed by atoms with Crippen molar-refractivity contribution in [1.82, 2.24) is 135 Å². The SMILES string of the molecule is CC(C)c1ccccc1-c1ncc2c(n1)n(Cc1ccc(-c3nc(C(F)(F)F)n(C)n3)cc1)c(=O)n2C.CC(C)c1ccccc1-c1ncc2c(n1)n(Cc1ccc(-c3nc(C(N)=O)n(C)n3)cc1)c(=O)n2C.COc1nc(-c2ccc(Cn3c(=O)n(C)c4cnc(-c5ccccc5C(C)C)nc43)cc2)nn1C.Cc1nc(-c2ccc(Cn3c(=O)n(C)c4cnc(-c5ccccc5C(C)C)nc43)cc2)nn1C. The molecule has 12 aromatic heterocycles. The molecule has 0 fully saturated rings. The van der Waals surface area contributed by atoms with E-state index in [0.717, 1.165) is 78.1 Å². The third-order valence-electron chi connectivity index (χ3n) is 24.9. The fourth-order valence-electron chi connectivity index (χ4n) is 17.1. The molecule has 0 spiro atoms. The first-order chi connectivity index (χ1) is 68.0. The number of ether oxygens (including phenoxy) is 1. The molecule has 142 heavy (non-hydrogen) atoms. The molecule has 0 radical (unpaired) electrons. The molecular weight excluding hydrogens is 1810 g/mol. The minimum Gasteiger partial charge on any atom is -0.467 e. The Morgan fingerprint density at radius 1 is 0.331 bits per heavy atom. The number of amides is 1. The molecule has 0 bridgehead atoms. The van der Waals surface area contributed by atoms with Gasteiger partial charge in [-0.05, 0) is 75.1 Å². The Bertz CT molecular complexity index is 8390. The van der Waals surface area contributed by atoms with Crippen LogP contribution in [0, 0.1) is 6.92 Å². The van der Waals surface area contributed by atoms with Crippen molar-refractivity contribution in [3.63, 3.8) is 0 Å². The summed E-state index contributed by atoms with van der Waals surface area (Å²) in [6.07, 6.45) is 2.24. The molecule has 38 heteroatoms. The van der Waals surface area contributed by atoms with Gasteiger partial charge in [0.15, 0.2) is 69.2 Å². The lowest BCUT2D eigenvalue weighted by molar-refractivity contribution is -0.147. The monoisotopic (exact) mass is 1910 g/mol. The van der Waals surface area contributed by atoms with Crippen LogP contribution in [0.25, 0.3) is 136 Å². The summed E-state index contributed by atoms with van der Waals surface area (Å²) in [4.78, 5) is 118. The van der Waals surface area contributed by atoms with Gasteiger partial charge >= 0.3 is 34.9 Å². The average molecular weight is 1910 g/mol. The Morgan fingerprint density at radius 2 is 0.592 bits per heavy atom. The minimum atomic E-state index is -4.59. The third kappa shape index (κ3) is 19.3. The molecule has 12 heterocycles. The standard InChI is InChI=1S/C26H24F3N7O.C26H26N8O2.C26H27N7O2.C26H27N7O/c1-15(2)18-7-5-6-8-19(18)22-30-13-20-23(31-22)36(25(37)34(20)3)14-16-9-11-17(12-10-16)21-32-24(26(27,28)29)35(4)33-21;1-15(2)18-7-5-6-8-19(18)23-28-13-20-24(30-23)34(26(36)32(20)3)14-16-9-11-17(12-10-16)22-29-25(21(27)35)33(4)31-22;1-16(2)19-8-6-7-9-20(19)23-27-14-21-24(28-23)33(26(34)31(21)3)15-17-10-12-18(13-11-17)22-29-25(35-5)32(4)30-22;1-16(2)20-8-6-7-9-21(20)24-27-14-22-25(29-24)33(26(34)31(22)4)15-18-10-12-19(13-11-18)23-28-17(3)32(5)30-23/h5-13,15H,14H2,1-4H3;5-13,15H,14H2,1-4H3,(H2,27,35);6-14,16H,15H2,1-5H3;6-14,16H,15H2,1-5H3. The van der Waals surface area contributed by atoms with E-state index in [1.165, 1.54) is 27.4 Å². The number of alkyl halides is 3. The first kappa shape index (κ1) is 96.5. The number of nitrogens with two attached hydrogens (primary N) is 1. The molecule has 20 rings (SSSR count). The second-order valence-corrected chi connectivity index (χ2v) is 35.9. The highest BCUT2D eigenvalue weighted by Gasteiger charge is 2.38. The Balaban J connectivity index is 0.000000130. The molecule has 0 aliphatic heterocycles. The average Bonchev–Trinajstić information content (AvgIpc) is 1.62. The Morgan fingerprint density at radius 3 is 0.838 bits per heavy atom. The summed E-state index contributed by atoms with van der Waals surface area (Å²) in [6.45, 7) is 20.4. The summed E-state index contributed by atoms with van der Waals surface area (Å²) < 4.78 is 62.7. The van der Waals surface area contributed by atoms with E-state index in [4.69, 9.17) is 30.4 Å². The van der Waals surface area contributed by atoms with E-state index in [1.807, 2.05) is 166 Å². The lowest BCUT2D eigenvalue weighted by Crippen LogP contribution is -2.22. The quantitative estimate of drug-likeness (QED) is 0.0658. The van der Waals surface area contributed by atoms with Gasteiger partial charge in [0.1, 0.15) is 27.9 Å². The molecule has 0 aliphatic rings. The predicted molar refractivity (Wildman–Crippen MR) is 536 cm³/mol. The molecule has 722 valence electrons. The molecule has 0 unspecified atom stereocenters. The number of aromatic nitrogens is 28. The highest BCUT2D eigenvalue weighted by atomic mass is 19.4. The van der Waals surface area contributed by atoms with Gasteiger partial charge in [-0.15, -0.1) is 5.10 Å². The van der Waals surface area contributed by atoms with Crippen molar-refractivity contribution in [2.75, 3.05) is 7.11 Å². The van der Waals surface area contributed by atoms with Gasteiger partial charge in [-0.1, -0.05) is 250 Å². The van der Waals surface area contributed by atoms with Crippen molar-refractivity contribution in [3.05, 3.63) is 323 Å². The number of rotatable bonds is 22. The van der Waals surface area contributed by atoms with Crippen LogP contribution in [0.4, 0.5) is 13.2 Å². The van der Waals surface area contributed by atoms with Crippen LogP contribution in [-0.4, -0.2) is 148 Å². The fraction of sp³-hybridized carbons (Fsp3) is 0.260. The van der Waals surface area contributed by atoms with Gasteiger partial charge in [-0.2, -0.15) is 33.5 Å². The molecule has 2 N–H and O–H groups in total. The van der Waals surface area contributed by atoms with Crippen molar-refractivity contribution in [3.8, 4) is 97.1 Å². The smallest absolute Gasteiger partial charge is 0.451 e. The first-order valence-corrected chi connectivity index (χ1v) is 45.9. The molecule has 1 amide bonds. The van der Waals surface area contributed by atoms with Gasteiger partial charge in [-0.3, -0.25) is 46.0 Å². The molecule has 0 saturated carbocycles. The summed E-state index contributed by atoms with van der Waals surface area (Å²) in [5, 5.41) is 17.0. The number of benzene rings is 8. The van der Waals surface area contributed by atoms with Crippen LogP contribution in [0.2, 0.25) is 0 Å². The zero-order valence-electron chi connectivity index (χ0n) is 81.6. The van der Waals surface area contributed by atoms with Crippen LogP contribution in [-0.2, 0) is 88.7 Å². The third-order valence-corrected chi connectivity index (χ3v) is 24.9. The lowest BCUT2D eigenvalue weighted by atomic mass is 9.97. The first-order valence-electron chi connectivity index (χ1n) is 45.9. The maximum atomic E-state index is 13.1. The predicted octanol–water partition coefficient (Wildman–Crippen LogP) is 15.5. The normalized spacial score (nSPS) is 11.7. The van der Waals surface area contributed by atoms with E-state index in [1.54, 1.807) is 140 Å². The molecule has 0 atom stereocenters. The summed E-state index contributed by atoms with van der Waals surface area (Å²) in [5.41, 5.74) is 24.7. The van der Waals surface area contributed by atoms with Crippen molar-refractivity contribution >= 4 is 50.6 Å². The largest absolute Gasteiger partial charge is 0.467 e. The van der Waals surface area contributed by atoms with Crippen LogP contribution in [0.3, 0.4) is 0 Å². The zero-order valence-corrected chi connectivity index (χ0v) is 81.6. The number of fused-ring (bicyclic) bond motifs is 4. The van der Waals surface area contributed by atoms with Gasteiger partial charge in [0.05, 0.1) is 58.1 Å². The number of carbonyl (C=O) groups excluding carboxylic acids is 1. The Kier molecular flexibility index (Phi) is 27.0. The van der Waals surface area contributed by atoms with Crippen molar-refractivity contribution in [2.45, 2.75) is 118 Å². The number of primary amides is 1. The number of hydrogen-bond donors (Lipinski definition) is 1. The van der Waals surface area contributed by atoms with Crippen molar-refractivity contribution in [1.29, 1.82) is 0 Å². The number of carbonyl (C=O) groups is 1. The Hall–Kier alpha value is -17.2. The molecule has 0 saturated heterocycles. The highest BCUT2D eigenvalue weighted by Crippen LogP contribution is 2.36. The van der Waals surface area contributed by atoms with Gasteiger partial charge < -0.3 is 10.5 Å². The van der Waals surface area contributed by atoms with Gasteiger partial charge in [0.2, 0.25) is 11.6 Å². The van der Waals surface area contributed by atoms with E-state index in [9.17, 15) is 37.1 Å². The van der Waals surface area contributed by atoms with Crippen LogP contribution >= 0.6 is 0 Å². The zero-order chi connectivity index (χ0) is 101. The van der Waals surface area contributed by atoms with E-state index in [0.29, 0.717) is 139 Å². The maximum Gasteiger partial charge on any atom is 0.451 e. The molecule has 35 nitrogen and oxygen atoms in total. The van der Waals surface area contributed by atoms with Gasteiger partial charge in [-0.25, -0.2) is 88.0 Å². The summed E-state index contributed by atoms with van der Waals surface area (Å²) in [5.74, 6) is 4.51. The highest BCUT2D eigenvalue weighted by molar-refractivity contribution is 5.89. The number of hydrogen-bond acceptors (Lipinski definition) is 22. The van der Waals surface area contributed by atoms with Gasteiger partial charge in [0, 0.05) is 101 Å². The fourth-order valence-corrected chi connectivity index (χ4v) is 17.1. The lowest BCUT2D eigenvalue weighted by Gasteiger charge is -2.11. The van der Waals surface area contributed by atoms with E-state index in [2.05, 4.69) is 134 Å². The number of aryl methyl sites for hydroxylation is 9. The van der Waals surface area contributed by atoms with Crippen LogP contribution in [0.1, 0.15) is 146 Å². The van der Waals surface area contributed by atoms with Gasteiger partial charge in [0.25, 0.3) is 5.91 Å². The Labute approximate surface area is 811 Å². The van der Waals surface area contributed by atoms with E-state index in [-0.39, 0.29) is 46.9 Å². The number of methoxy groups -OCH3 is 1. The maximum absolute atomic E-state index is 13.1. The summed E-state index contributed by atoms with van der Waals surface area (Å²) in [6, 6.07) is 62.8. The summed E-state index contributed by atoms with van der Waals surface area (Å²) >= 11 is 0. The topological polar surface area (TPSA) is 386 Å². The number of nitrogens with zero attached hydrogens (tertiary/aromatic N) is 28. The minimum absolute atomic E-state index is 0.0232. The molecular formula is C104H104F3N29O6. The molecule has 0 aliphatic carbocycles. The van der Waals surface area contributed by atoms with Crippen molar-refractivity contribution in [2.24, 2.45) is 62.1 Å². The number of halogens is 3. The molecule has 8 aromatic carbocycles. The second-order valence-electron chi connectivity index (χ2n) is 35.9. The van der Waals surface area contributed by atoms with Crippen LogP contribution in [0.15, 0.2) is 238 Å². The molecule has 20 aromatic rings. The van der Waals surface area contributed by atoms with E-state index < -0.39 is 17.9 Å². The van der Waals surface area contributed by atoms with Crippen molar-refractivity contribution < 1.29 is 22.7 Å². The summed E-state index contributed by atoms with van der Waals surface area (Å²) in [7, 11) is 14.9.